The molecule has 3 heterocycles. The number of carbonyl (C=O) groups excluding carboxylic acids is 4. The Morgan fingerprint density at radius 1 is 0.909 bits per heavy atom. The van der Waals surface area contributed by atoms with Gasteiger partial charge < -0.3 is 10.1 Å². The van der Waals surface area contributed by atoms with Crippen LogP contribution < -0.4 is 15.3 Å². The minimum atomic E-state index is -1.14. The van der Waals surface area contributed by atoms with Crippen molar-refractivity contribution in [2.75, 3.05) is 22.4 Å². The normalized spacial score (nSPS) is 19.2. The van der Waals surface area contributed by atoms with Gasteiger partial charge in [-0.15, -0.1) is 0 Å². The Bertz CT molecular complexity index is 1740. The molecule has 4 aromatic rings. The van der Waals surface area contributed by atoms with E-state index >= 15 is 0 Å². The van der Waals surface area contributed by atoms with Crippen molar-refractivity contribution in [3.63, 3.8) is 0 Å². The van der Waals surface area contributed by atoms with Crippen LogP contribution in [-0.4, -0.2) is 41.9 Å². The summed E-state index contributed by atoms with van der Waals surface area (Å²) in [6, 6.07) is 23.2. The summed E-state index contributed by atoms with van der Waals surface area (Å²) in [5, 5.41) is 4.22. The number of imide groups is 1. The summed E-state index contributed by atoms with van der Waals surface area (Å²) in [4.78, 5) is 63.6. The fraction of sp³-hybridized carbons (Fsp3) is 0.182. The summed E-state index contributed by atoms with van der Waals surface area (Å²) in [6.07, 6.45) is -1.08. The maximum Gasteiger partial charge on any atom is 0.309 e. The first-order valence-electron chi connectivity index (χ1n) is 13.8. The molecule has 0 saturated carbocycles. The van der Waals surface area contributed by atoms with Crippen LogP contribution in [0.25, 0.3) is 0 Å². The summed E-state index contributed by atoms with van der Waals surface area (Å²) >= 11 is 0. The predicted molar refractivity (Wildman–Crippen MR) is 158 cm³/mol. The Morgan fingerprint density at radius 3 is 2.25 bits per heavy atom. The SMILES string of the molecule is COC(=O)Cc1ccc(N2C(=O)[C@@H]3[C@@H](ON(c4ccc(F)cc4)[C@H]3c3ccc(C(=O)Nc4cccc(C)n4)cc3)C2=O)cc1. The van der Waals surface area contributed by atoms with Gasteiger partial charge in [0.25, 0.3) is 11.8 Å². The zero-order valence-corrected chi connectivity index (χ0v) is 23.8. The summed E-state index contributed by atoms with van der Waals surface area (Å²) < 4.78 is 18.5. The lowest BCUT2D eigenvalue weighted by molar-refractivity contribution is -0.139. The standard InChI is InChI=1S/C33H27FN4O6/c1-19-4-3-5-26(35-19)36-31(40)22-10-8-21(9-11-22)29-28-30(44-38(29)25-16-12-23(34)13-17-25)33(42)37(32(28)41)24-14-6-20(7-15-24)18-27(39)43-2/h3-17,28-30H,18H2,1-2H3,(H,35,36,40)/t28-,29-,30+/m0/s1. The van der Waals surface area contributed by atoms with E-state index in [1.807, 2.05) is 13.0 Å². The van der Waals surface area contributed by atoms with Crippen LogP contribution in [0.5, 0.6) is 0 Å². The van der Waals surface area contributed by atoms with E-state index in [1.165, 1.54) is 36.4 Å². The molecule has 0 bridgehead atoms. The second-order valence-corrected chi connectivity index (χ2v) is 10.5. The number of anilines is 3. The topological polar surface area (TPSA) is 118 Å². The second-order valence-electron chi connectivity index (χ2n) is 10.5. The Morgan fingerprint density at radius 2 is 1.59 bits per heavy atom. The van der Waals surface area contributed by atoms with Crippen molar-refractivity contribution in [3.8, 4) is 0 Å². The Labute approximate surface area is 252 Å². The van der Waals surface area contributed by atoms with Crippen molar-refractivity contribution in [1.29, 1.82) is 0 Å². The number of hydrogen-bond donors (Lipinski definition) is 1. The van der Waals surface area contributed by atoms with Crippen molar-refractivity contribution in [1.82, 2.24) is 4.98 Å². The highest BCUT2D eigenvalue weighted by Crippen LogP contribution is 2.47. The van der Waals surface area contributed by atoms with Gasteiger partial charge in [0.15, 0.2) is 6.10 Å². The molecule has 2 aliphatic heterocycles. The summed E-state index contributed by atoms with van der Waals surface area (Å²) in [7, 11) is 1.30. The summed E-state index contributed by atoms with van der Waals surface area (Å²) in [5.41, 5.74) is 3.20. The number of pyridine rings is 1. The highest BCUT2D eigenvalue weighted by Gasteiger charge is 2.60. The van der Waals surface area contributed by atoms with Gasteiger partial charge in [0.2, 0.25) is 5.91 Å². The number of fused-ring (bicyclic) bond motifs is 1. The zero-order chi connectivity index (χ0) is 31.0. The van der Waals surface area contributed by atoms with E-state index in [2.05, 4.69) is 10.3 Å². The van der Waals surface area contributed by atoms with Gasteiger partial charge in [0, 0.05) is 11.3 Å². The monoisotopic (exact) mass is 594 g/mol. The average molecular weight is 595 g/mol. The number of nitrogens with one attached hydrogen (secondary N) is 1. The maximum atomic E-state index is 13.9. The molecule has 3 amide bonds. The number of carbonyl (C=O) groups is 4. The van der Waals surface area contributed by atoms with E-state index in [0.29, 0.717) is 33.9 Å². The minimum absolute atomic E-state index is 0.0528. The number of esters is 1. The highest BCUT2D eigenvalue weighted by atomic mass is 19.1. The number of benzene rings is 3. The molecule has 0 spiro atoms. The summed E-state index contributed by atoms with van der Waals surface area (Å²) in [5.74, 6) is -2.75. The predicted octanol–water partition coefficient (Wildman–Crippen LogP) is 4.55. The van der Waals surface area contributed by atoms with Crippen LogP contribution in [0.2, 0.25) is 0 Å². The fourth-order valence-electron chi connectivity index (χ4n) is 5.45. The molecule has 44 heavy (non-hydrogen) atoms. The van der Waals surface area contributed by atoms with E-state index in [0.717, 1.165) is 10.6 Å². The van der Waals surface area contributed by atoms with Gasteiger partial charge in [0.05, 0.1) is 30.9 Å². The van der Waals surface area contributed by atoms with Crippen molar-refractivity contribution < 1.29 is 33.1 Å². The molecule has 2 saturated heterocycles. The van der Waals surface area contributed by atoms with Gasteiger partial charge >= 0.3 is 5.97 Å². The molecular formula is C33H27FN4O6. The fourth-order valence-corrected chi connectivity index (χ4v) is 5.45. The van der Waals surface area contributed by atoms with Crippen LogP contribution in [0, 0.1) is 18.7 Å². The molecule has 11 heteroatoms. The Hall–Kier alpha value is -5.42. The number of hydrogen-bond acceptors (Lipinski definition) is 8. The lowest BCUT2D eigenvalue weighted by atomic mass is 9.90. The lowest BCUT2D eigenvalue weighted by Gasteiger charge is -2.29. The second kappa shape index (κ2) is 11.7. The van der Waals surface area contributed by atoms with E-state index < -0.39 is 41.7 Å². The zero-order valence-electron chi connectivity index (χ0n) is 23.8. The van der Waals surface area contributed by atoms with Gasteiger partial charge in [-0.25, -0.2) is 19.3 Å². The first-order valence-corrected chi connectivity index (χ1v) is 13.8. The third-order valence-corrected chi connectivity index (χ3v) is 7.61. The minimum Gasteiger partial charge on any atom is -0.469 e. The molecule has 0 unspecified atom stereocenters. The number of rotatable bonds is 7. The molecule has 222 valence electrons. The van der Waals surface area contributed by atoms with Crippen LogP contribution in [0.1, 0.15) is 33.2 Å². The van der Waals surface area contributed by atoms with Gasteiger partial charge in [-0.2, -0.15) is 0 Å². The van der Waals surface area contributed by atoms with Crippen LogP contribution in [0.15, 0.2) is 91.0 Å². The molecule has 2 fully saturated rings. The number of ether oxygens (including phenoxy) is 1. The third-order valence-electron chi connectivity index (χ3n) is 7.61. The molecule has 6 rings (SSSR count). The van der Waals surface area contributed by atoms with Crippen LogP contribution in [0.3, 0.4) is 0 Å². The molecule has 10 nitrogen and oxygen atoms in total. The molecule has 2 aliphatic rings. The van der Waals surface area contributed by atoms with Gasteiger partial charge in [0.1, 0.15) is 17.6 Å². The molecule has 3 aromatic carbocycles. The quantitative estimate of drug-likeness (QED) is 0.245. The van der Waals surface area contributed by atoms with Crippen LogP contribution >= 0.6 is 0 Å². The molecule has 3 atom stereocenters. The maximum absolute atomic E-state index is 13.9. The van der Waals surface area contributed by atoms with Crippen molar-refractivity contribution in [3.05, 3.63) is 119 Å². The van der Waals surface area contributed by atoms with Crippen LogP contribution in [-0.2, 0) is 30.4 Å². The third kappa shape index (κ3) is 5.40. The van der Waals surface area contributed by atoms with E-state index in [1.54, 1.807) is 60.7 Å². The Balaban J connectivity index is 1.30. The van der Waals surface area contributed by atoms with Crippen molar-refractivity contribution in [2.45, 2.75) is 25.5 Å². The van der Waals surface area contributed by atoms with E-state index in [4.69, 9.17) is 9.57 Å². The molecule has 0 radical (unpaired) electrons. The van der Waals surface area contributed by atoms with Crippen LogP contribution in [0.4, 0.5) is 21.6 Å². The van der Waals surface area contributed by atoms with Gasteiger partial charge in [-0.3, -0.25) is 24.0 Å². The first-order chi connectivity index (χ1) is 21.2. The molecular weight excluding hydrogens is 567 g/mol. The summed E-state index contributed by atoms with van der Waals surface area (Å²) in [6.45, 7) is 1.82. The highest BCUT2D eigenvalue weighted by molar-refractivity contribution is 6.24. The first kappa shape index (κ1) is 28.7. The number of halogens is 1. The number of nitrogens with zero attached hydrogens (tertiary/aromatic N) is 3. The van der Waals surface area contributed by atoms with Crippen molar-refractivity contribution in [2.24, 2.45) is 5.92 Å². The van der Waals surface area contributed by atoms with E-state index in [9.17, 15) is 23.6 Å². The number of aryl methyl sites for hydroxylation is 1. The van der Waals surface area contributed by atoms with Gasteiger partial charge in [-0.1, -0.05) is 30.3 Å². The largest absolute Gasteiger partial charge is 0.469 e. The Kier molecular flexibility index (Phi) is 7.62. The number of methoxy groups -OCH3 is 1. The smallest absolute Gasteiger partial charge is 0.309 e. The van der Waals surface area contributed by atoms with Crippen molar-refractivity contribution >= 4 is 40.9 Å². The number of amides is 3. The van der Waals surface area contributed by atoms with E-state index in [-0.39, 0.29) is 12.3 Å². The molecule has 1 aromatic heterocycles. The number of aromatic nitrogens is 1. The van der Waals surface area contributed by atoms with Gasteiger partial charge in [-0.05, 0) is 78.7 Å². The molecule has 1 N–H and O–H groups in total. The molecule has 0 aliphatic carbocycles. The lowest BCUT2D eigenvalue weighted by Crippen LogP contribution is -2.37. The number of hydroxylamine groups is 1. The average Bonchev–Trinajstić information content (AvgIpc) is 3.53.